The summed E-state index contributed by atoms with van der Waals surface area (Å²) in [7, 11) is 17.9. The molecule has 2 unspecified atom stereocenters. The molecule has 0 saturated heterocycles. The quantitative estimate of drug-likeness (QED) is 0.135. The number of hydrogen-bond donors (Lipinski definition) is 0. The number of benzene rings is 6. The van der Waals surface area contributed by atoms with Gasteiger partial charge in [0.15, 0.2) is 0 Å². The number of aryl methyl sites for hydroxylation is 2. The van der Waals surface area contributed by atoms with Crippen LogP contribution in [0.25, 0.3) is 56.0 Å². The Hall–Kier alpha value is -3.00. The monoisotopic (exact) mass is 799 g/mol. The fourth-order valence-corrected chi connectivity index (χ4v) is 63.9. The van der Waals surface area contributed by atoms with Crippen LogP contribution < -0.4 is 0 Å². The van der Waals surface area contributed by atoms with Crippen LogP contribution in [-0.4, -0.2) is 5.92 Å². The molecule has 257 valence electrons. The molecule has 8 rings (SSSR count). The zero-order chi connectivity index (χ0) is 35.7. The third-order valence-corrected chi connectivity index (χ3v) is 62.4. The van der Waals surface area contributed by atoms with Crippen molar-refractivity contribution < 1.29 is 15.6 Å². The second-order valence-corrected chi connectivity index (χ2v) is 56.0. The van der Waals surface area contributed by atoms with Crippen LogP contribution in [0.4, 0.5) is 0 Å². The van der Waals surface area contributed by atoms with Gasteiger partial charge in [-0.15, -0.1) is 0 Å². The number of halogens is 2. The Labute approximate surface area is 313 Å². The normalized spacial score (nSPS) is 17.7. The topological polar surface area (TPSA) is 0 Å². The van der Waals surface area contributed by atoms with Crippen molar-refractivity contribution in [1.82, 2.24) is 0 Å². The minimum atomic E-state index is -4.97. The maximum atomic E-state index is 8.94. The molecule has 0 radical (unpaired) electrons. The van der Waals surface area contributed by atoms with Gasteiger partial charge in [-0.05, 0) is 0 Å². The van der Waals surface area contributed by atoms with Gasteiger partial charge in [-0.25, -0.2) is 0 Å². The number of allylic oxidation sites excluding steroid dienone is 2. The standard InChI is InChI=1S/C22H19.C21H17.C4H11Si.2ClH.Zr/c1-3-16-13-18-11-15(2)12-22(21(18)14-16)20-10-6-8-17-7-4-5-9-19(17)20;1-14-10-17-11-15(2)13-21(20(17)12-14)19-9-5-7-16-6-3-4-8-18(16)19;1-3-5-4-2;;;/h4-14H,3H2,1-2H3;3-13H,1-2H3;5H,3-4H2,1-2H3;2*1H;/q;;;;;+2/p-2. The van der Waals surface area contributed by atoms with Gasteiger partial charge in [0.05, 0.1) is 0 Å². The molecule has 0 saturated carbocycles. The van der Waals surface area contributed by atoms with Crippen molar-refractivity contribution in [3.63, 3.8) is 0 Å². The van der Waals surface area contributed by atoms with Gasteiger partial charge in [0.25, 0.3) is 0 Å². The van der Waals surface area contributed by atoms with Gasteiger partial charge in [0.1, 0.15) is 0 Å². The molecular weight excluding hydrogens is 755 g/mol. The second-order valence-electron chi connectivity index (χ2n) is 15.3. The molecular formula is C47H47Cl2SiZr. The molecule has 6 aromatic carbocycles. The van der Waals surface area contributed by atoms with Gasteiger partial charge < -0.3 is 0 Å². The molecule has 2 aliphatic rings. The van der Waals surface area contributed by atoms with Crippen molar-refractivity contribution in [3.05, 3.63) is 154 Å². The van der Waals surface area contributed by atoms with E-state index in [9.17, 15) is 0 Å². The Bertz CT molecular complexity index is 2420. The van der Waals surface area contributed by atoms with Crippen LogP contribution in [0.1, 0.15) is 74.7 Å². The van der Waals surface area contributed by atoms with Gasteiger partial charge in [-0.2, -0.15) is 0 Å². The molecule has 51 heavy (non-hydrogen) atoms. The number of rotatable bonds is 8. The van der Waals surface area contributed by atoms with Crippen molar-refractivity contribution in [1.29, 1.82) is 0 Å². The summed E-state index contributed by atoms with van der Waals surface area (Å²) in [6.45, 7) is 13.9. The minimum absolute atomic E-state index is 0.0717. The first-order valence-electron chi connectivity index (χ1n) is 18.8. The van der Waals surface area contributed by atoms with E-state index in [1.54, 1.807) is 0 Å². The predicted octanol–water partition coefficient (Wildman–Crippen LogP) is 14.7. The van der Waals surface area contributed by atoms with E-state index in [-0.39, 0.29) is 7.25 Å². The Kier molecular flexibility index (Phi) is 9.03. The number of fused-ring (bicyclic) bond motifs is 4. The predicted molar refractivity (Wildman–Crippen MR) is 225 cm³/mol. The van der Waals surface area contributed by atoms with Gasteiger partial charge in [-0.3, -0.25) is 0 Å². The van der Waals surface area contributed by atoms with Crippen molar-refractivity contribution in [2.24, 2.45) is 0 Å². The van der Waals surface area contributed by atoms with E-state index in [2.05, 4.69) is 163 Å². The van der Waals surface area contributed by atoms with E-state index < -0.39 is 21.5 Å². The molecule has 0 N–H and O–H groups in total. The molecule has 0 amide bonds. The molecule has 0 spiro atoms. The van der Waals surface area contributed by atoms with Crippen molar-refractivity contribution in [2.45, 2.75) is 67.3 Å². The van der Waals surface area contributed by atoms with Gasteiger partial charge >= 0.3 is 315 Å². The summed E-state index contributed by atoms with van der Waals surface area (Å²) in [5.41, 5.74) is 15.9. The summed E-state index contributed by atoms with van der Waals surface area (Å²) in [6.07, 6.45) is 5.93. The summed E-state index contributed by atoms with van der Waals surface area (Å²) in [5, 5.41) is 5.11. The molecule has 0 aromatic heterocycles. The fourth-order valence-electron chi connectivity index (χ4n) is 10.2. The molecule has 0 bridgehead atoms. The first-order valence-corrected chi connectivity index (χ1v) is 34.4. The molecule has 0 fully saturated rings. The van der Waals surface area contributed by atoms with Crippen LogP contribution in [0.3, 0.4) is 0 Å². The summed E-state index contributed by atoms with van der Waals surface area (Å²) in [5.74, 6) is -1.68. The first kappa shape index (κ1) is 35.1. The Balaban J connectivity index is 1.39. The second kappa shape index (κ2) is 13.1. The van der Waals surface area contributed by atoms with E-state index in [1.165, 1.54) is 88.3 Å². The summed E-state index contributed by atoms with van der Waals surface area (Å²) >= 11 is -4.97. The summed E-state index contributed by atoms with van der Waals surface area (Å²) in [6, 6.07) is 42.9. The van der Waals surface area contributed by atoms with E-state index in [0.29, 0.717) is 0 Å². The van der Waals surface area contributed by atoms with E-state index >= 15 is 0 Å². The molecule has 0 aliphatic heterocycles. The summed E-state index contributed by atoms with van der Waals surface area (Å²) < 4.78 is 0.156. The molecule has 0 heterocycles. The van der Waals surface area contributed by atoms with Crippen molar-refractivity contribution in [2.75, 3.05) is 0 Å². The Morgan fingerprint density at radius 3 is 1.53 bits per heavy atom. The third-order valence-electron chi connectivity index (χ3n) is 12.3. The number of hydrogen-bond acceptors (Lipinski definition) is 0. The summed E-state index contributed by atoms with van der Waals surface area (Å²) in [4.78, 5) is 0. The molecule has 4 heteroatoms. The SMILES string of the molecule is CCC1=Cc2c(-c3cccc4ccccc34)cc(C)cc2[CH]1[Zr]([Cl])([Cl])([CH]1C(C)=Cc2c(-c3cccc4ccccc34)cc(C)cc21)[SiH](CC)CC. The van der Waals surface area contributed by atoms with E-state index in [0.717, 1.165) is 18.5 Å². The van der Waals surface area contributed by atoms with Crippen molar-refractivity contribution >= 4 is 56.6 Å². The molecule has 0 nitrogen and oxygen atoms in total. The van der Waals surface area contributed by atoms with Crippen LogP contribution in [0.5, 0.6) is 0 Å². The average molecular weight is 802 g/mol. The average Bonchev–Trinajstić information content (AvgIpc) is 3.69. The van der Waals surface area contributed by atoms with Crippen LogP contribution >= 0.6 is 17.0 Å². The van der Waals surface area contributed by atoms with E-state index in [1.807, 2.05) is 0 Å². The van der Waals surface area contributed by atoms with Crippen LogP contribution in [0.2, 0.25) is 12.1 Å². The zero-order valence-electron chi connectivity index (χ0n) is 30.7. The zero-order valence-corrected chi connectivity index (χ0v) is 35.8. The van der Waals surface area contributed by atoms with Crippen LogP contribution in [-0.2, 0) is 15.6 Å². The van der Waals surface area contributed by atoms with Crippen LogP contribution in [0, 0.1) is 13.8 Å². The third kappa shape index (κ3) is 5.38. The molecule has 2 atom stereocenters. The van der Waals surface area contributed by atoms with Crippen LogP contribution in [0.15, 0.2) is 120 Å². The molecule has 2 aliphatic carbocycles. The van der Waals surface area contributed by atoms with Gasteiger partial charge in [0.2, 0.25) is 0 Å². The maximum absolute atomic E-state index is 8.94. The van der Waals surface area contributed by atoms with E-state index in [4.69, 9.17) is 17.0 Å². The Morgan fingerprint density at radius 2 is 1.02 bits per heavy atom. The van der Waals surface area contributed by atoms with Crippen molar-refractivity contribution in [3.8, 4) is 22.3 Å². The Morgan fingerprint density at radius 1 is 0.549 bits per heavy atom. The van der Waals surface area contributed by atoms with Gasteiger partial charge in [-0.1, -0.05) is 0 Å². The fraction of sp³-hybridized carbons (Fsp3) is 0.234. The van der Waals surface area contributed by atoms with Gasteiger partial charge in [0, 0.05) is 0 Å². The molecule has 6 aromatic rings. The first-order chi connectivity index (χ1) is 24.6.